The van der Waals surface area contributed by atoms with Crippen LogP contribution in [0.4, 0.5) is 10.5 Å². The van der Waals surface area contributed by atoms with Crippen LogP contribution >= 0.6 is 0 Å². The van der Waals surface area contributed by atoms with Crippen molar-refractivity contribution in [2.75, 3.05) is 18.1 Å². The Morgan fingerprint density at radius 2 is 2.00 bits per heavy atom. The van der Waals surface area contributed by atoms with Crippen LogP contribution < -0.4 is 4.90 Å². The maximum atomic E-state index is 12.4. The number of fused-ring (bicyclic) bond motifs is 1. The summed E-state index contributed by atoms with van der Waals surface area (Å²) in [6.07, 6.45) is 2.79. The third-order valence-corrected chi connectivity index (χ3v) is 4.53. The molecule has 1 aromatic rings. The summed E-state index contributed by atoms with van der Waals surface area (Å²) in [6.45, 7) is 2.92. The highest BCUT2D eigenvalue weighted by atomic mass is 16.6. The first-order valence-electron chi connectivity index (χ1n) is 8.03. The molecule has 2 fully saturated rings. The van der Waals surface area contributed by atoms with Crippen molar-refractivity contribution < 1.29 is 14.3 Å². The minimum absolute atomic E-state index is 0.0572. The summed E-state index contributed by atoms with van der Waals surface area (Å²) in [5.41, 5.74) is 0.924. The fourth-order valence-corrected chi connectivity index (χ4v) is 3.62. The molecule has 2 atom stereocenters. The van der Waals surface area contributed by atoms with Gasteiger partial charge in [-0.25, -0.2) is 4.79 Å². The third-order valence-electron chi connectivity index (χ3n) is 4.53. The number of likely N-dealkylation sites (tertiary alicyclic amines) is 1. The van der Waals surface area contributed by atoms with Crippen molar-refractivity contribution in [1.82, 2.24) is 4.90 Å². The maximum absolute atomic E-state index is 12.4. The number of carbonyl (C=O) groups is 2. The third kappa shape index (κ3) is 2.67. The van der Waals surface area contributed by atoms with Gasteiger partial charge in [-0.15, -0.1) is 0 Å². The molecule has 0 aliphatic carbocycles. The predicted molar refractivity (Wildman–Crippen MR) is 83.7 cm³/mol. The molecule has 0 saturated carbocycles. The number of anilines is 1. The van der Waals surface area contributed by atoms with Crippen LogP contribution in [-0.4, -0.2) is 42.1 Å². The van der Waals surface area contributed by atoms with E-state index in [9.17, 15) is 9.59 Å². The first-order valence-corrected chi connectivity index (χ1v) is 8.03. The number of para-hydroxylation sites is 1. The Morgan fingerprint density at radius 1 is 1.23 bits per heavy atom. The van der Waals surface area contributed by atoms with E-state index in [0.29, 0.717) is 13.0 Å². The van der Waals surface area contributed by atoms with E-state index < -0.39 is 0 Å². The second-order valence-corrected chi connectivity index (χ2v) is 5.81. The van der Waals surface area contributed by atoms with Crippen molar-refractivity contribution in [3.63, 3.8) is 0 Å². The molecule has 1 aromatic carbocycles. The Balaban J connectivity index is 1.87. The lowest BCUT2D eigenvalue weighted by atomic mass is 9.87. The molecular weight excluding hydrogens is 280 g/mol. The fourth-order valence-electron chi connectivity index (χ4n) is 3.62. The van der Waals surface area contributed by atoms with Crippen molar-refractivity contribution >= 4 is 17.7 Å². The molecule has 2 saturated heterocycles. The zero-order valence-electron chi connectivity index (χ0n) is 12.9. The van der Waals surface area contributed by atoms with Crippen molar-refractivity contribution in [2.45, 2.75) is 44.7 Å². The van der Waals surface area contributed by atoms with Crippen LogP contribution in [0.15, 0.2) is 30.3 Å². The average Bonchev–Trinajstić information content (AvgIpc) is 2.55. The number of nitrogens with zero attached hydrogens (tertiary/aromatic N) is 2. The number of benzene rings is 1. The monoisotopic (exact) mass is 302 g/mol. The van der Waals surface area contributed by atoms with Gasteiger partial charge in [-0.2, -0.15) is 0 Å². The van der Waals surface area contributed by atoms with Crippen molar-refractivity contribution in [3.8, 4) is 0 Å². The first-order chi connectivity index (χ1) is 10.7. The summed E-state index contributed by atoms with van der Waals surface area (Å²) in [4.78, 5) is 28.3. The Bertz CT molecular complexity index is 546. The molecule has 2 aliphatic heterocycles. The Kier molecular flexibility index (Phi) is 4.32. The van der Waals surface area contributed by atoms with E-state index in [0.717, 1.165) is 31.5 Å². The number of hydrogen-bond donors (Lipinski definition) is 0. The van der Waals surface area contributed by atoms with E-state index in [2.05, 4.69) is 0 Å². The highest BCUT2D eigenvalue weighted by Crippen LogP contribution is 2.34. The largest absolute Gasteiger partial charge is 0.450 e. The summed E-state index contributed by atoms with van der Waals surface area (Å²) in [6, 6.07) is 9.87. The standard InChI is InChI=1S/C17H22N2O3/c1-2-22-17(21)18-12-6-9-15-14(18)10-11-16(20)19(15)13-7-4-3-5-8-13/h3-5,7-8,14-15H,2,6,9-12H2,1H3. The molecule has 0 radical (unpaired) electrons. The lowest BCUT2D eigenvalue weighted by Gasteiger charge is -2.48. The summed E-state index contributed by atoms with van der Waals surface area (Å²) in [5, 5.41) is 0. The number of rotatable bonds is 2. The molecule has 2 aliphatic rings. The minimum atomic E-state index is -0.250. The van der Waals surface area contributed by atoms with Gasteiger partial charge < -0.3 is 14.5 Å². The van der Waals surface area contributed by atoms with E-state index in [1.54, 1.807) is 0 Å². The smallest absolute Gasteiger partial charge is 0.410 e. The van der Waals surface area contributed by atoms with Crippen LogP contribution in [0.3, 0.4) is 0 Å². The average molecular weight is 302 g/mol. The second-order valence-electron chi connectivity index (χ2n) is 5.81. The zero-order chi connectivity index (χ0) is 15.5. The summed E-state index contributed by atoms with van der Waals surface area (Å²) >= 11 is 0. The Hall–Kier alpha value is -2.04. The molecule has 118 valence electrons. The first kappa shape index (κ1) is 14.9. The van der Waals surface area contributed by atoms with E-state index >= 15 is 0 Å². The lowest BCUT2D eigenvalue weighted by Crippen LogP contribution is -2.61. The quantitative estimate of drug-likeness (QED) is 0.844. The molecule has 5 heteroatoms. The molecule has 2 unspecified atom stereocenters. The van der Waals surface area contributed by atoms with Crippen LogP contribution in [0.1, 0.15) is 32.6 Å². The molecule has 0 aromatic heterocycles. The second kappa shape index (κ2) is 6.38. The van der Waals surface area contributed by atoms with Crippen LogP contribution in [0.25, 0.3) is 0 Å². The molecule has 2 amide bonds. The fraction of sp³-hybridized carbons (Fsp3) is 0.529. The van der Waals surface area contributed by atoms with Gasteiger partial charge in [0, 0.05) is 18.7 Å². The van der Waals surface area contributed by atoms with Gasteiger partial charge in [0.15, 0.2) is 0 Å². The van der Waals surface area contributed by atoms with Gasteiger partial charge in [-0.05, 0) is 38.3 Å². The van der Waals surface area contributed by atoms with Gasteiger partial charge in [-0.1, -0.05) is 18.2 Å². The Morgan fingerprint density at radius 3 is 2.73 bits per heavy atom. The molecular formula is C17H22N2O3. The van der Waals surface area contributed by atoms with Crippen LogP contribution in [-0.2, 0) is 9.53 Å². The Labute approximate surface area is 130 Å². The number of carbonyl (C=O) groups excluding carboxylic acids is 2. The molecule has 2 heterocycles. The van der Waals surface area contributed by atoms with Gasteiger partial charge in [0.05, 0.1) is 18.7 Å². The summed E-state index contributed by atoms with van der Waals surface area (Å²) in [7, 11) is 0. The SMILES string of the molecule is CCOC(=O)N1CCCC2C1CCC(=O)N2c1ccccc1. The lowest BCUT2D eigenvalue weighted by molar-refractivity contribution is -0.122. The van der Waals surface area contributed by atoms with E-state index in [1.165, 1.54) is 0 Å². The van der Waals surface area contributed by atoms with Gasteiger partial charge in [0.2, 0.25) is 5.91 Å². The predicted octanol–water partition coefficient (Wildman–Crippen LogP) is 2.80. The van der Waals surface area contributed by atoms with Crippen molar-refractivity contribution in [2.24, 2.45) is 0 Å². The molecule has 0 spiro atoms. The van der Waals surface area contributed by atoms with Crippen LogP contribution in [0.2, 0.25) is 0 Å². The molecule has 0 bridgehead atoms. The van der Waals surface area contributed by atoms with E-state index in [4.69, 9.17) is 4.74 Å². The molecule has 22 heavy (non-hydrogen) atoms. The number of hydrogen-bond acceptors (Lipinski definition) is 3. The van der Waals surface area contributed by atoms with Gasteiger partial charge in [-0.3, -0.25) is 4.79 Å². The molecule has 3 rings (SSSR count). The maximum Gasteiger partial charge on any atom is 0.410 e. The zero-order valence-corrected chi connectivity index (χ0v) is 12.9. The summed E-state index contributed by atoms with van der Waals surface area (Å²) in [5.74, 6) is 0.151. The topological polar surface area (TPSA) is 49.9 Å². The van der Waals surface area contributed by atoms with Gasteiger partial charge in [0.1, 0.15) is 0 Å². The van der Waals surface area contributed by atoms with Crippen molar-refractivity contribution in [1.29, 1.82) is 0 Å². The molecule has 0 N–H and O–H groups in total. The summed E-state index contributed by atoms with van der Waals surface area (Å²) < 4.78 is 5.18. The number of ether oxygens (including phenoxy) is 1. The van der Waals surface area contributed by atoms with Gasteiger partial charge in [0.25, 0.3) is 0 Å². The van der Waals surface area contributed by atoms with Crippen molar-refractivity contribution in [3.05, 3.63) is 30.3 Å². The highest BCUT2D eigenvalue weighted by molar-refractivity contribution is 5.95. The van der Waals surface area contributed by atoms with Crippen LogP contribution in [0, 0.1) is 0 Å². The van der Waals surface area contributed by atoms with E-state index in [-0.39, 0.29) is 24.1 Å². The highest BCUT2D eigenvalue weighted by Gasteiger charge is 2.43. The molecule has 5 nitrogen and oxygen atoms in total. The van der Waals surface area contributed by atoms with Gasteiger partial charge >= 0.3 is 6.09 Å². The van der Waals surface area contributed by atoms with E-state index in [1.807, 2.05) is 47.1 Å². The van der Waals surface area contributed by atoms with Crippen LogP contribution in [0.5, 0.6) is 0 Å². The minimum Gasteiger partial charge on any atom is -0.450 e. The number of piperidine rings is 2. The normalized spacial score (nSPS) is 24.9. The number of amides is 2.